The summed E-state index contributed by atoms with van der Waals surface area (Å²) in [7, 11) is 2.02. The van der Waals surface area contributed by atoms with E-state index in [9.17, 15) is 0 Å². The molecule has 68 valence electrons. The number of nitrogens with zero attached hydrogens (tertiary/aromatic N) is 1. The van der Waals surface area contributed by atoms with Gasteiger partial charge in [-0.1, -0.05) is 6.07 Å². The molecule has 3 heteroatoms. The number of fused-ring (bicyclic) bond motifs is 1. The third kappa shape index (κ3) is 1.75. The first-order valence-electron chi connectivity index (χ1n) is 3.92. The van der Waals surface area contributed by atoms with Gasteiger partial charge in [0, 0.05) is 17.8 Å². The van der Waals surface area contributed by atoms with Crippen molar-refractivity contribution in [2.24, 2.45) is 7.05 Å². The molecule has 0 spiro atoms. The van der Waals surface area contributed by atoms with Crippen LogP contribution in [0.4, 0.5) is 5.69 Å². The van der Waals surface area contributed by atoms with Crippen LogP contribution in [0.25, 0.3) is 10.9 Å². The van der Waals surface area contributed by atoms with Crippen LogP contribution in [0.15, 0.2) is 36.5 Å². The molecule has 0 radical (unpaired) electrons. The Kier molecular flexibility index (Phi) is 3.08. The van der Waals surface area contributed by atoms with E-state index in [1.807, 2.05) is 37.5 Å². The number of pyridine rings is 1. The van der Waals surface area contributed by atoms with E-state index in [2.05, 4.69) is 10.6 Å². The third-order valence-electron chi connectivity index (χ3n) is 2.07. The highest BCUT2D eigenvalue weighted by molar-refractivity contribution is 5.87. The van der Waals surface area contributed by atoms with Gasteiger partial charge in [-0.25, -0.2) is 4.57 Å². The molecule has 1 heterocycles. The molecule has 0 aliphatic heterocycles. The standard InChI is InChI=1S/C10H10N2.HI/c1-12-7-3-4-8-9(11)5-2-6-10(8)12;/h2-7,11H,1H3;1H. The average Bonchev–Trinajstić information content (AvgIpc) is 2.07. The van der Waals surface area contributed by atoms with Crippen molar-refractivity contribution in [2.45, 2.75) is 0 Å². The minimum absolute atomic E-state index is 0. The SMILES string of the molecule is C[n+]1cccc2c(N)cccc21.[I-]. The van der Waals surface area contributed by atoms with E-state index in [1.54, 1.807) is 0 Å². The van der Waals surface area contributed by atoms with E-state index < -0.39 is 0 Å². The zero-order valence-electron chi connectivity index (χ0n) is 7.37. The first-order chi connectivity index (χ1) is 5.79. The number of hydrogen-bond donors (Lipinski definition) is 1. The van der Waals surface area contributed by atoms with Crippen LogP contribution in [-0.4, -0.2) is 0 Å². The number of hydrogen-bond acceptors (Lipinski definition) is 1. The van der Waals surface area contributed by atoms with E-state index in [-0.39, 0.29) is 24.0 Å². The van der Waals surface area contributed by atoms with Gasteiger partial charge in [0.05, 0.1) is 5.39 Å². The molecule has 0 amide bonds. The average molecular weight is 286 g/mol. The van der Waals surface area contributed by atoms with Gasteiger partial charge in [0.1, 0.15) is 7.05 Å². The van der Waals surface area contributed by atoms with Crippen molar-refractivity contribution in [3.63, 3.8) is 0 Å². The summed E-state index contributed by atoms with van der Waals surface area (Å²) in [6, 6.07) is 9.98. The van der Waals surface area contributed by atoms with Gasteiger partial charge < -0.3 is 29.7 Å². The maximum atomic E-state index is 5.81. The number of anilines is 1. The highest BCUT2D eigenvalue weighted by atomic mass is 127. The second-order valence-electron chi connectivity index (χ2n) is 2.90. The van der Waals surface area contributed by atoms with Crippen molar-refractivity contribution >= 4 is 16.6 Å². The van der Waals surface area contributed by atoms with Gasteiger partial charge in [-0.3, -0.25) is 0 Å². The van der Waals surface area contributed by atoms with Crippen molar-refractivity contribution in [3.8, 4) is 0 Å². The molecule has 0 aliphatic rings. The number of halogens is 1. The van der Waals surface area contributed by atoms with E-state index in [0.717, 1.165) is 16.6 Å². The second kappa shape index (κ2) is 3.91. The molecule has 0 aliphatic carbocycles. The maximum absolute atomic E-state index is 5.81. The number of benzene rings is 1. The summed E-state index contributed by atoms with van der Waals surface area (Å²) in [5.74, 6) is 0. The monoisotopic (exact) mass is 286 g/mol. The molecule has 1 aromatic carbocycles. The molecule has 2 aromatic rings. The number of nitrogens with two attached hydrogens (primary N) is 1. The molecule has 0 bridgehead atoms. The molecule has 0 fully saturated rings. The summed E-state index contributed by atoms with van der Waals surface area (Å²) in [4.78, 5) is 0. The zero-order chi connectivity index (χ0) is 8.55. The molecule has 1 aromatic heterocycles. The number of aromatic nitrogens is 1. The van der Waals surface area contributed by atoms with E-state index in [0.29, 0.717) is 0 Å². The molecule has 0 saturated heterocycles. The summed E-state index contributed by atoms with van der Waals surface area (Å²) in [5.41, 5.74) is 7.81. The molecule has 2 rings (SSSR count). The van der Waals surface area contributed by atoms with Crippen LogP contribution < -0.4 is 34.3 Å². The normalized spacial score (nSPS) is 9.62. The molecule has 2 nitrogen and oxygen atoms in total. The minimum atomic E-state index is 0. The second-order valence-corrected chi connectivity index (χ2v) is 2.90. The van der Waals surface area contributed by atoms with Crippen molar-refractivity contribution in [3.05, 3.63) is 36.5 Å². The molecule has 13 heavy (non-hydrogen) atoms. The zero-order valence-corrected chi connectivity index (χ0v) is 9.52. The van der Waals surface area contributed by atoms with Crippen LogP contribution in [-0.2, 0) is 7.05 Å². The van der Waals surface area contributed by atoms with E-state index in [1.165, 1.54) is 0 Å². The lowest BCUT2D eigenvalue weighted by Gasteiger charge is -1.98. The quantitative estimate of drug-likeness (QED) is 0.347. The number of nitrogen functional groups attached to an aromatic ring is 1. The lowest BCUT2D eigenvalue weighted by Crippen LogP contribution is -3.00. The van der Waals surface area contributed by atoms with E-state index >= 15 is 0 Å². The van der Waals surface area contributed by atoms with Crippen LogP contribution in [0, 0.1) is 0 Å². The Morgan fingerprint density at radius 1 is 1.15 bits per heavy atom. The largest absolute Gasteiger partial charge is 1.00 e. The Morgan fingerprint density at radius 2 is 1.92 bits per heavy atom. The number of aryl methyl sites for hydroxylation is 1. The Labute approximate surface area is 94.4 Å². The fraction of sp³-hybridized carbons (Fsp3) is 0.100. The maximum Gasteiger partial charge on any atom is 0.214 e. The topological polar surface area (TPSA) is 29.9 Å². The van der Waals surface area contributed by atoms with E-state index in [4.69, 9.17) is 5.73 Å². The van der Waals surface area contributed by atoms with Gasteiger partial charge in [0.2, 0.25) is 5.52 Å². The predicted octanol–water partition coefficient (Wildman–Crippen LogP) is -1.75. The molecule has 0 atom stereocenters. The van der Waals surface area contributed by atoms with Gasteiger partial charge in [-0.2, -0.15) is 0 Å². The van der Waals surface area contributed by atoms with Crippen molar-refractivity contribution in [2.75, 3.05) is 5.73 Å². The molecule has 0 unspecified atom stereocenters. The van der Waals surface area contributed by atoms with Crippen LogP contribution in [0.2, 0.25) is 0 Å². The van der Waals surface area contributed by atoms with Gasteiger partial charge >= 0.3 is 0 Å². The smallest absolute Gasteiger partial charge is 0.214 e. The molecule has 0 saturated carbocycles. The summed E-state index contributed by atoms with van der Waals surface area (Å²) in [6.07, 6.45) is 2.02. The first kappa shape index (κ1) is 10.2. The molecule has 2 N–H and O–H groups in total. The summed E-state index contributed by atoms with van der Waals surface area (Å²) in [6.45, 7) is 0. The molecular weight excluding hydrogens is 275 g/mol. The Hall–Kier alpha value is -0.840. The van der Waals surface area contributed by atoms with Gasteiger partial charge in [-0.15, -0.1) is 0 Å². The van der Waals surface area contributed by atoms with Crippen LogP contribution in [0.3, 0.4) is 0 Å². The lowest BCUT2D eigenvalue weighted by molar-refractivity contribution is -0.644. The third-order valence-corrected chi connectivity index (χ3v) is 2.07. The first-order valence-corrected chi connectivity index (χ1v) is 3.92. The minimum Gasteiger partial charge on any atom is -1.00 e. The summed E-state index contributed by atoms with van der Waals surface area (Å²) >= 11 is 0. The lowest BCUT2D eigenvalue weighted by atomic mass is 10.2. The van der Waals surface area contributed by atoms with Crippen LogP contribution in [0.1, 0.15) is 0 Å². The fourth-order valence-corrected chi connectivity index (χ4v) is 1.41. The summed E-state index contributed by atoms with van der Waals surface area (Å²) in [5, 5.41) is 1.11. The van der Waals surface area contributed by atoms with Crippen LogP contribution in [0.5, 0.6) is 0 Å². The number of rotatable bonds is 0. The highest BCUT2D eigenvalue weighted by Gasteiger charge is 2.04. The fourth-order valence-electron chi connectivity index (χ4n) is 1.41. The van der Waals surface area contributed by atoms with Gasteiger partial charge in [-0.05, 0) is 12.1 Å². The van der Waals surface area contributed by atoms with Crippen molar-refractivity contribution < 1.29 is 28.5 Å². The van der Waals surface area contributed by atoms with Crippen molar-refractivity contribution in [1.29, 1.82) is 0 Å². The molecular formula is C10H11IN2. The Bertz CT molecular complexity index is 385. The van der Waals surface area contributed by atoms with Crippen LogP contribution >= 0.6 is 0 Å². The van der Waals surface area contributed by atoms with Gasteiger partial charge in [0.15, 0.2) is 6.20 Å². The predicted molar refractivity (Wildman–Crippen MR) is 49.5 cm³/mol. The highest BCUT2D eigenvalue weighted by Crippen LogP contribution is 2.16. The van der Waals surface area contributed by atoms with Crippen molar-refractivity contribution in [1.82, 2.24) is 0 Å². The Morgan fingerprint density at radius 3 is 2.62 bits per heavy atom. The summed E-state index contributed by atoms with van der Waals surface area (Å²) < 4.78 is 2.06. The van der Waals surface area contributed by atoms with Gasteiger partial charge in [0.25, 0.3) is 0 Å². The Balaban J connectivity index is 0.000000845.